The summed E-state index contributed by atoms with van der Waals surface area (Å²) in [6.45, 7) is 0. The lowest BCUT2D eigenvalue weighted by atomic mass is 10.1. The van der Waals surface area contributed by atoms with Crippen LogP contribution in [0.15, 0.2) is 54.1 Å². The summed E-state index contributed by atoms with van der Waals surface area (Å²) in [5.74, 6) is 0.923. The van der Waals surface area contributed by atoms with Crippen molar-refractivity contribution in [3.63, 3.8) is 0 Å². The minimum atomic E-state index is -0.185. The van der Waals surface area contributed by atoms with Crippen molar-refractivity contribution in [1.82, 2.24) is 20.2 Å². The smallest absolute Gasteiger partial charge is 0.256 e. The highest BCUT2D eigenvalue weighted by Gasteiger charge is 2.12. The van der Waals surface area contributed by atoms with Crippen LogP contribution in [0, 0.1) is 0 Å². The number of rotatable bonds is 6. The molecule has 0 spiro atoms. The van der Waals surface area contributed by atoms with Crippen LogP contribution in [-0.2, 0) is 5.75 Å². The van der Waals surface area contributed by atoms with Gasteiger partial charge in [-0.25, -0.2) is 9.97 Å². The van der Waals surface area contributed by atoms with Crippen LogP contribution in [0.25, 0.3) is 0 Å². The van der Waals surface area contributed by atoms with E-state index in [1.54, 1.807) is 31.5 Å². The zero-order valence-corrected chi connectivity index (χ0v) is 13.7. The van der Waals surface area contributed by atoms with Gasteiger partial charge >= 0.3 is 0 Å². The number of pyridine rings is 1. The maximum absolute atomic E-state index is 12.5. The second-order valence-corrected chi connectivity index (χ2v) is 5.74. The van der Waals surface area contributed by atoms with E-state index >= 15 is 0 Å². The summed E-state index contributed by atoms with van der Waals surface area (Å²) in [5, 5.41) is 10.2. The molecule has 1 aromatic carbocycles. The van der Waals surface area contributed by atoms with Crippen LogP contribution in [0.3, 0.4) is 0 Å². The van der Waals surface area contributed by atoms with Crippen molar-refractivity contribution < 1.29 is 9.53 Å². The molecular weight excluding hydrogens is 326 g/mol. The standard InChI is InChI=1S/C16H15N5O2S/c1-23-14-7-6-12(8-17-14)20-15(22)13-5-3-2-4-11(13)9-24-16-18-10-19-21-16/h2-8,10H,9H2,1H3,(H,20,22)(H,18,19,21). The van der Waals surface area contributed by atoms with E-state index in [2.05, 4.69) is 25.5 Å². The molecule has 0 aliphatic heterocycles. The average Bonchev–Trinajstić information content (AvgIpc) is 3.14. The van der Waals surface area contributed by atoms with Crippen LogP contribution < -0.4 is 10.1 Å². The highest BCUT2D eigenvalue weighted by atomic mass is 32.2. The fraction of sp³-hybridized carbons (Fsp3) is 0.125. The lowest BCUT2D eigenvalue weighted by molar-refractivity contribution is 0.102. The van der Waals surface area contributed by atoms with E-state index in [0.29, 0.717) is 28.0 Å². The van der Waals surface area contributed by atoms with Gasteiger partial charge in [-0.3, -0.25) is 9.89 Å². The molecule has 1 amide bonds. The van der Waals surface area contributed by atoms with E-state index < -0.39 is 0 Å². The molecule has 0 aliphatic carbocycles. The van der Waals surface area contributed by atoms with Crippen molar-refractivity contribution in [3.8, 4) is 5.88 Å². The predicted octanol–water partition coefficient (Wildman–Crippen LogP) is 2.75. The summed E-state index contributed by atoms with van der Waals surface area (Å²) >= 11 is 1.48. The van der Waals surface area contributed by atoms with Gasteiger partial charge in [-0.05, 0) is 17.7 Å². The Morgan fingerprint density at radius 3 is 2.83 bits per heavy atom. The molecule has 0 atom stereocenters. The van der Waals surface area contributed by atoms with Crippen LogP contribution in [0.1, 0.15) is 15.9 Å². The lowest BCUT2D eigenvalue weighted by Gasteiger charge is -2.09. The Labute approximate surface area is 142 Å². The molecule has 8 heteroatoms. The number of carbonyl (C=O) groups excluding carboxylic acids is 1. The molecular formula is C16H15N5O2S. The quantitative estimate of drug-likeness (QED) is 0.670. The van der Waals surface area contributed by atoms with Gasteiger partial charge in [0, 0.05) is 17.4 Å². The maximum Gasteiger partial charge on any atom is 0.256 e. The molecule has 24 heavy (non-hydrogen) atoms. The van der Waals surface area contributed by atoms with Crippen LogP contribution in [0.4, 0.5) is 5.69 Å². The first-order chi connectivity index (χ1) is 11.8. The number of aromatic amines is 1. The van der Waals surface area contributed by atoms with E-state index in [1.165, 1.54) is 18.1 Å². The van der Waals surface area contributed by atoms with Gasteiger partial charge in [0.2, 0.25) is 5.88 Å². The largest absolute Gasteiger partial charge is 0.481 e. The van der Waals surface area contributed by atoms with E-state index in [1.807, 2.05) is 18.2 Å². The first kappa shape index (κ1) is 16.0. The molecule has 0 saturated heterocycles. The molecule has 3 rings (SSSR count). The topological polar surface area (TPSA) is 92.8 Å². The lowest BCUT2D eigenvalue weighted by Crippen LogP contribution is -2.14. The molecule has 0 saturated carbocycles. The maximum atomic E-state index is 12.5. The number of thioether (sulfide) groups is 1. The third-order valence-corrected chi connectivity index (χ3v) is 4.15. The normalized spacial score (nSPS) is 10.4. The number of aromatic nitrogens is 4. The third kappa shape index (κ3) is 3.90. The van der Waals surface area contributed by atoms with Crippen LogP contribution in [0.5, 0.6) is 5.88 Å². The van der Waals surface area contributed by atoms with Gasteiger partial charge in [-0.1, -0.05) is 30.0 Å². The number of methoxy groups -OCH3 is 1. The Bertz CT molecular complexity index is 806. The predicted molar refractivity (Wildman–Crippen MR) is 91.1 cm³/mol. The summed E-state index contributed by atoms with van der Waals surface area (Å²) in [4.78, 5) is 20.7. The highest BCUT2D eigenvalue weighted by molar-refractivity contribution is 7.98. The Hall–Kier alpha value is -2.87. The highest BCUT2D eigenvalue weighted by Crippen LogP contribution is 2.22. The van der Waals surface area contributed by atoms with Crippen molar-refractivity contribution in [3.05, 3.63) is 60.0 Å². The fourth-order valence-corrected chi connectivity index (χ4v) is 2.83. The van der Waals surface area contributed by atoms with Gasteiger partial charge < -0.3 is 10.1 Å². The monoisotopic (exact) mass is 341 g/mol. The summed E-state index contributed by atoms with van der Waals surface area (Å²) in [6.07, 6.45) is 3.01. The van der Waals surface area contributed by atoms with Crippen LogP contribution in [-0.4, -0.2) is 33.2 Å². The summed E-state index contributed by atoms with van der Waals surface area (Å²) in [6, 6.07) is 10.9. The average molecular weight is 341 g/mol. The molecule has 2 heterocycles. The van der Waals surface area contributed by atoms with Crippen molar-refractivity contribution >= 4 is 23.4 Å². The van der Waals surface area contributed by atoms with E-state index in [9.17, 15) is 4.79 Å². The Morgan fingerprint density at radius 1 is 1.25 bits per heavy atom. The minimum absolute atomic E-state index is 0.185. The molecule has 122 valence electrons. The number of benzene rings is 1. The van der Waals surface area contributed by atoms with Crippen molar-refractivity contribution in [2.75, 3.05) is 12.4 Å². The van der Waals surface area contributed by atoms with E-state index in [4.69, 9.17) is 4.74 Å². The molecule has 0 bridgehead atoms. The third-order valence-electron chi connectivity index (χ3n) is 3.22. The van der Waals surface area contributed by atoms with Crippen LogP contribution in [0.2, 0.25) is 0 Å². The van der Waals surface area contributed by atoms with E-state index in [-0.39, 0.29) is 5.91 Å². The molecule has 0 unspecified atom stereocenters. The molecule has 7 nitrogen and oxygen atoms in total. The number of nitrogens with one attached hydrogen (secondary N) is 2. The number of H-pyrrole nitrogens is 1. The van der Waals surface area contributed by atoms with E-state index in [0.717, 1.165) is 5.56 Å². The first-order valence-corrected chi connectivity index (χ1v) is 8.12. The van der Waals surface area contributed by atoms with Crippen molar-refractivity contribution in [1.29, 1.82) is 0 Å². The number of amides is 1. The zero-order chi connectivity index (χ0) is 16.8. The minimum Gasteiger partial charge on any atom is -0.481 e. The second kappa shape index (κ2) is 7.60. The fourth-order valence-electron chi connectivity index (χ4n) is 2.05. The number of ether oxygens (including phenoxy) is 1. The zero-order valence-electron chi connectivity index (χ0n) is 12.9. The van der Waals surface area contributed by atoms with Crippen molar-refractivity contribution in [2.45, 2.75) is 10.9 Å². The number of carbonyl (C=O) groups is 1. The Balaban J connectivity index is 1.71. The number of hydrogen-bond acceptors (Lipinski definition) is 6. The van der Waals surface area contributed by atoms with Gasteiger partial charge in [0.05, 0.1) is 19.0 Å². The SMILES string of the molecule is COc1ccc(NC(=O)c2ccccc2CSc2ncn[nH]2)cn1. The number of anilines is 1. The van der Waals surface area contributed by atoms with Gasteiger partial charge in [-0.15, -0.1) is 0 Å². The number of hydrogen-bond donors (Lipinski definition) is 2. The van der Waals surface area contributed by atoms with Crippen LogP contribution >= 0.6 is 11.8 Å². The second-order valence-electron chi connectivity index (χ2n) is 4.78. The van der Waals surface area contributed by atoms with Crippen molar-refractivity contribution in [2.24, 2.45) is 0 Å². The molecule has 3 aromatic rings. The number of nitrogens with zero attached hydrogens (tertiary/aromatic N) is 3. The summed E-state index contributed by atoms with van der Waals surface area (Å²) in [5.41, 5.74) is 2.14. The molecule has 2 N–H and O–H groups in total. The summed E-state index contributed by atoms with van der Waals surface area (Å²) in [7, 11) is 1.54. The van der Waals surface area contributed by atoms with Gasteiger partial charge in [0.25, 0.3) is 5.91 Å². The molecule has 0 aliphatic rings. The Morgan fingerprint density at radius 2 is 2.12 bits per heavy atom. The van der Waals surface area contributed by atoms with Gasteiger partial charge in [0.1, 0.15) is 6.33 Å². The van der Waals surface area contributed by atoms with Gasteiger partial charge in [-0.2, -0.15) is 5.10 Å². The first-order valence-electron chi connectivity index (χ1n) is 7.13. The molecule has 0 fully saturated rings. The summed E-state index contributed by atoms with van der Waals surface area (Å²) < 4.78 is 5.00. The molecule has 2 aromatic heterocycles. The Kier molecular flexibility index (Phi) is 5.07. The molecule has 0 radical (unpaired) electrons. The van der Waals surface area contributed by atoms with Gasteiger partial charge in [0.15, 0.2) is 5.16 Å².